The molecule has 86 valence electrons. The van der Waals surface area contributed by atoms with Crippen LogP contribution in [-0.2, 0) is 19.1 Å². The number of carbonyl (C=O) groups excluding carboxylic acids is 2. The normalized spacial score (nSPS) is 20.1. The summed E-state index contributed by atoms with van der Waals surface area (Å²) >= 11 is 0. The summed E-state index contributed by atoms with van der Waals surface area (Å²) in [5, 5.41) is 0. The first-order valence-electron chi connectivity index (χ1n) is 5.53. The fourth-order valence-electron chi connectivity index (χ4n) is 1.47. The van der Waals surface area contributed by atoms with Crippen molar-refractivity contribution in [2.45, 2.75) is 39.0 Å². The molecule has 4 nitrogen and oxygen atoms in total. The lowest BCUT2D eigenvalue weighted by Crippen LogP contribution is -2.14. The van der Waals surface area contributed by atoms with E-state index in [1.807, 2.05) is 0 Å². The Balaban J connectivity index is 2.03. The van der Waals surface area contributed by atoms with Gasteiger partial charge in [0.15, 0.2) is 0 Å². The first-order chi connectivity index (χ1) is 7.22. The zero-order valence-electron chi connectivity index (χ0n) is 9.16. The number of hydrogen-bond donors (Lipinski definition) is 0. The lowest BCUT2D eigenvalue weighted by atomic mass is 10.1. The number of ether oxygens (including phenoxy) is 2. The van der Waals surface area contributed by atoms with E-state index in [2.05, 4.69) is 6.92 Å². The number of esters is 2. The average Bonchev–Trinajstić information content (AvgIpc) is 2.62. The molecule has 0 aromatic carbocycles. The van der Waals surface area contributed by atoms with Crippen molar-refractivity contribution < 1.29 is 19.1 Å². The molecule has 1 fully saturated rings. The predicted molar refractivity (Wildman–Crippen MR) is 54.2 cm³/mol. The Hall–Kier alpha value is -1.06. The highest BCUT2D eigenvalue weighted by atomic mass is 16.6. The molecule has 0 aromatic heterocycles. The topological polar surface area (TPSA) is 52.6 Å². The van der Waals surface area contributed by atoms with Crippen molar-refractivity contribution in [2.24, 2.45) is 5.92 Å². The summed E-state index contributed by atoms with van der Waals surface area (Å²) in [5.74, 6) is -0.294. The number of cyclic esters (lactones) is 1. The van der Waals surface area contributed by atoms with Gasteiger partial charge in [-0.05, 0) is 6.42 Å². The number of unbranched alkanes of at least 4 members (excludes halogenated alkanes) is 2. The highest BCUT2D eigenvalue weighted by Crippen LogP contribution is 2.14. The minimum Gasteiger partial charge on any atom is -0.465 e. The SMILES string of the molecule is CCCCCC(=O)OC[C@H]1COC(=O)C1. The van der Waals surface area contributed by atoms with Crippen LogP contribution in [0.2, 0.25) is 0 Å². The molecule has 0 aliphatic carbocycles. The maximum atomic E-state index is 11.2. The lowest BCUT2D eigenvalue weighted by molar-refractivity contribution is -0.145. The minimum absolute atomic E-state index is 0.0626. The van der Waals surface area contributed by atoms with Crippen LogP contribution in [0.1, 0.15) is 39.0 Å². The molecule has 1 saturated heterocycles. The Kier molecular flexibility index (Phi) is 5.15. The van der Waals surface area contributed by atoms with Gasteiger partial charge in [0.1, 0.15) is 0 Å². The standard InChI is InChI=1S/C11H18O4/c1-2-3-4-5-10(12)14-7-9-6-11(13)15-8-9/h9H,2-8H2,1H3/t9-/m0/s1. The molecule has 1 atom stereocenters. The Labute approximate surface area is 89.9 Å². The summed E-state index contributed by atoms with van der Waals surface area (Å²) in [4.78, 5) is 22.0. The van der Waals surface area contributed by atoms with Crippen LogP contribution in [0.5, 0.6) is 0 Å². The van der Waals surface area contributed by atoms with Crippen molar-refractivity contribution in [1.29, 1.82) is 0 Å². The third kappa shape index (κ3) is 4.81. The quantitative estimate of drug-likeness (QED) is 0.498. The van der Waals surface area contributed by atoms with E-state index in [1.165, 1.54) is 0 Å². The van der Waals surface area contributed by atoms with Crippen molar-refractivity contribution in [3.05, 3.63) is 0 Å². The maximum absolute atomic E-state index is 11.2. The molecule has 0 saturated carbocycles. The predicted octanol–water partition coefficient (Wildman–Crippen LogP) is 1.67. The van der Waals surface area contributed by atoms with Crippen LogP contribution in [0.15, 0.2) is 0 Å². The fourth-order valence-corrected chi connectivity index (χ4v) is 1.47. The maximum Gasteiger partial charge on any atom is 0.306 e. The third-order valence-corrected chi connectivity index (χ3v) is 2.40. The average molecular weight is 214 g/mol. The molecule has 4 heteroatoms. The smallest absolute Gasteiger partial charge is 0.306 e. The number of carbonyl (C=O) groups is 2. The van der Waals surface area contributed by atoms with Gasteiger partial charge in [-0.15, -0.1) is 0 Å². The summed E-state index contributed by atoms with van der Waals surface area (Å²) in [6.45, 7) is 2.80. The van der Waals surface area contributed by atoms with Gasteiger partial charge in [0.2, 0.25) is 0 Å². The highest BCUT2D eigenvalue weighted by molar-refractivity contribution is 5.72. The molecule has 0 amide bonds. The van der Waals surface area contributed by atoms with Crippen molar-refractivity contribution >= 4 is 11.9 Å². The van der Waals surface area contributed by atoms with Crippen molar-refractivity contribution in [3.63, 3.8) is 0 Å². The molecule has 1 aliphatic heterocycles. The molecule has 1 aliphatic rings. The Bertz CT molecular complexity index is 225. The fraction of sp³-hybridized carbons (Fsp3) is 0.818. The van der Waals surface area contributed by atoms with Crippen LogP contribution in [-0.4, -0.2) is 25.2 Å². The second-order valence-corrected chi connectivity index (χ2v) is 3.89. The summed E-state index contributed by atoms with van der Waals surface area (Å²) in [5.41, 5.74) is 0. The molecule has 15 heavy (non-hydrogen) atoms. The Morgan fingerprint density at radius 1 is 1.53 bits per heavy atom. The van der Waals surface area contributed by atoms with Crippen molar-refractivity contribution in [2.75, 3.05) is 13.2 Å². The van der Waals surface area contributed by atoms with E-state index < -0.39 is 0 Å². The summed E-state index contributed by atoms with van der Waals surface area (Å²) in [6, 6.07) is 0. The number of rotatable bonds is 6. The van der Waals surface area contributed by atoms with Crippen LogP contribution >= 0.6 is 0 Å². The van der Waals surface area contributed by atoms with Crippen molar-refractivity contribution in [3.8, 4) is 0 Å². The zero-order valence-corrected chi connectivity index (χ0v) is 9.16. The van der Waals surface area contributed by atoms with Crippen LogP contribution < -0.4 is 0 Å². The van der Waals surface area contributed by atoms with E-state index in [9.17, 15) is 9.59 Å². The molecule has 0 aromatic rings. The van der Waals surface area contributed by atoms with E-state index in [0.717, 1.165) is 19.3 Å². The monoisotopic (exact) mass is 214 g/mol. The highest BCUT2D eigenvalue weighted by Gasteiger charge is 2.24. The molecule has 0 unspecified atom stereocenters. The van der Waals surface area contributed by atoms with Crippen molar-refractivity contribution in [1.82, 2.24) is 0 Å². The van der Waals surface area contributed by atoms with Gasteiger partial charge in [-0.3, -0.25) is 9.59 Å². The van der Waals surface area contributed by atoms with E-state index >= 15 is 0 Å². The van der Waals surface area contributed by atoms with E-state index in [1.54, 1.807) is 0 Å². The summed E-state index contributed by atoms with van der Waals surface area (Å²) in [7, 11) is 0. The summed E-state index contributed by atoms with van der Waals surface area (Å²) in [6.07, 6.45) is 3.89. The Morgan fingerprint density at radius 3 is 2.93 bits per heavy atom. The van der Waals surface area contributed by atoms with Gasteiger partial charge in [0, 0.05) is 12.3 Å². The van der Waals surface area contributed by atoms with Gasteiger partial charge in [0.25, 0.3) is 0 Å². The van der Waals surface area contributed by atoms with E-state index in [0.29, 0.717) is 26.1 Å². The molecule has 1 rings (SSSR count). The van der Waals surface area contributed by atoms with Crippen LogP contribution in [0, 0.1) is 5.92 Å². The molecule has 1 heterocycles. The molecule has 0 spiro atoms. The molecular formula is C11H18O4. The van der Waals surface area contributed by atoms with Crippen LogP contribution in [0.25, 0.3) is 0 Å². The van der Waals surface area contributed by atoms with E-state index in [-0.39, 0.29) is 17.9 Å². The first-order valence-corrected chi connectivity index (χ1v) is 5.53. The Morgan fingerprint density at radius 2 is 2.33 bits per heavy atom. The van der Waals surface area contributed by atoms with Gasteiger partial charge >= 0.3 is 11.9 Å². The van der Waals surface area contributed by atoms with Gasteiger partial charge < -0.3 is 9.47 Å². The molecular weight excluding hydrogens is 196 g/mol. The van der Waals surface area contributed by atoms with Gasteiger partial charge in [0.05, 0.1) is 19.6 Å². The first kappa shape index (κ1) is 12.0. The third-order valence-electron chi connectivity index (χ3n) is 2.40. The number of hydrogen-bond acceptors (Lipinski definition) is 4. The van der Waals surface area contributed by atoms with Crippen LogP contribution in [0.4, 0.5) is 0 Å². The minimum atomic E-state index is -0.193. The molecule has 0 bridgehead atoms. The van der Waals surface area contributed by atoms with Gasteiger partial charge in [-0.2, -0.15) is 0 Å². The second kappa shape index (κ2) is 6.43. The van der Waals surface area contributed by atoms with Gasteiger partial charge in [-0.1, -0.05) is 19.8 Å². The second-order valence-electron chi connectivity index (χ2n) is 3.89. The lowest BCUT2D eigenvalue weighted by Gasteiger charge is -2.07. The van der Waals surface area contributed by atoms with Gasteiger partial charge in [-0.25, -0.2) is 0 Å². The molecule has 0 N–H and O–H groups in total. The largest absolute Gasteiger partial charge is 0.465 e. The van der Waals surface area contributed by atoms with E-state index in [4.69, 9.17) is 9.47 Å². The molecule has 0 radical (unpaired) electrons. The summed E-state index contributed by atoms with van der Waals surface area (Å²) < 4.78 is 9.82. The van der Waals surface area contributed by atoms with Crippen LogP contribution in [0.3, 0.4) is 0 Å². The zero-order chi connectivity index (χ0) is 11.1.